The highest BCUT2D eigenvalue weighted by atomic mass is 16.2. The maximum Gasteiger partial charge on any atom is 0.323 e. The molecule has 176 valence electrons. The summed E-state index contributed by atoms with van der Waals surface area (Å²) >= 11 is 0. The highest BCUT2D eigenvalue weighted by Crippen LogP contribution is 2.14. The summed E-state index contributed by atoms with van der Waals surface area (Å²) in [5.41, 5.74) is 1.62. The quantitative estimate of drug-likeness (QED) is 0.650. The molecule has 1 aliphatic heterocycles. The first kappa shape index (κ1) is 24.3. The second-order valence-electron chi connectivity index (χ2n) is 9.24. The van der Waals surface area contributed by atoms with Gasteiger partial charge in [-0.1, -0.05) is 18.2 Å². The number of para-hydroxylation sites is 1. The predicted molar refractivity (Wildman–Crippen MR) is 130 cm³/mol. The summed E-state index contributed by atoms with van der Waals surface area (Å²) in [5, 5.41) is 8.51. The first-order valence-electron chi connectivity index (χ1n) is 11.3. The molecule has 1 saturated heterocycles. The monoisotopic (exact) mass is 451 g/mol. The van der Waals surface area contributed by atoms with Crippen molar-refractivity contribution < 1.29 is 14.4 Å². The lowest BCUT2D eigenvalue weighted by Gasteiger charge is -2.25. The third kappa shape index (κ3) is 7.91. The fourth-order valence-electron chi connectivity index (χ4n) is 3.69. The molecule has 0 spiro atoms. The summed E-state index contributed by atoms with van der Waals surface area (Å²) in [6.07, 6.45) is 0.813. The zero-order valence-electron chi connectivity index (χ0n) is 19.6. The minimum atomic E-state index is -0.344. The number of rotatable bonds is 5. The van der Waals surface area contributed by atoms with Gasteiger partial charge in [0.2, 0.25) is 5.91 Å². The van der Waals surface area contributed by atoms with Gasteiger partial charge in [0.1, 0.15) is 0 Å². The fraction of sp³-hybridized carbons (Fsp3) is 0.400. The zero-order valence-corrected chi connectivity index (χ0v) is 19.6. The Balaban J connectivity index is 1.50. The predicted octanol–water partition coefficient (Wildman–Crippen LogP) is 3.39. The van der Waals surface area contributed by atoms with Gasteiger partial charge < -0.3 is 20.9 Å². The number of nitrogens with one attached hydrogen (secondary N) is 3. The molecule has 2 aromatic rings. The molecule has 3 rings (SSSR count). The lowest BCUT2D eigenvalue weighted by molar-refractivity contribution is -0.123. The van der Waals surface area contributed by atoms with E-state index in [9.17, 15) is 14.4 Å². The third-order valence-corrected chi connectivity index (χ3v) is 5.18. The molecule has 4 amide bonds. The van der Waals surface area contributed by atoms with Gasteiger partial charge in [-0.25, -0.2) is 4.79 Å². The molecule has 0 bridgehead atoms. The first-order chi connectivity index (χ1) is 15.7. The van der Waals surface area contributed by atoms with E-state index in [0.29, 0.717) is 43.1 Å². The van der Waals surface area contributed by atoms with Gasteiger partial charge >= 0.3 is 6.03 Å². The van der Waals surface area contributed by atoms with Gasteiger partial charge in [-0.2, -0.15) is 0 Å². The molecule has 1 aliphatic rings. The Bertz CT molecular complexity index is 954. The molecule has 0 saturated carbocycles. The van der Waals surface area contributed by atoms with E-state index in [1.165, 1.54) is 0 Å². The standard InChI is InChI=1S/C25H33N5O3/c1-25(2,3)28-22(31)18-29-14-7-15-30(17-16-29)23(32)19-10-12-21(13-11-19)27-24(33)26-20-8-5-4-6-9-20/h4-6,8-13H,7,14-18H2,1-3H3,(H,28,31)(H2,26,27,33). The van der Waals surface area contributed by atoms with E-state index < -0.39 is 0 Å². The third-order valence-electron chi connectivity index (χ3n) is 5.18. The number of benzene rings is 2. The van der Waals surface area contributed by atoms with Crippen molar-refractivity contribution in [2.75, 3.05) is 43.4 Å². The van der Waals surface area contributed by atoms with E-state index in [0.717, 1.165) is 13.0 Å². The molecule has 0 aromatic heterocycles. The highest BCUT2D eigenvalue weighted by molar-refractivity contribution is 6.00. The van der Waals surface area contributed by atoms with E-state index in [4.69, 9.17) is 0 Å². The Hall–Kier alpha value is -3.39. The molecule has 0 aliphatic carbocycles. The van der Waals surface area contributed by atoms with Crippen LogP contribution in [0.3, 0.4) is 0 Å². The molecule has 2 aromatic carbocycles. The molecular formula is C25H33N5O3. The summed E-state index contributed by atoms with van der Waals surface area (Å²) in [5.74, 6) is -0.0436. The van der Waals surface area contributed by atoms with E-state index in [1.54, 1.807) is 36.4 Å². The number of carbonyl (C=O) groups excluding carboxylic acids is 3. The highest BCUT2D eigenvalue weighted by Gasteiger charge is 2.22. The van der Waals surface area contributed by atoms with Crippen LogP contribution in [0.5, 0.6) is 0 Å². The number of hydrogen-bond acceptors (Lipinski definition) is 4. The molecule has 33 heavy (non-hydrogen) atoms. The van der Waals surface area contributed by atoms with E-state index in [-0.39, 0.29) is 23.4 Å². The molecule has 8 nitrogen and oxygen atoms in total. The van der Waals surface area contributed by atoms with Crippen LogP contribution >= 0.6 is 0 Å². The number of hydrogen-bond donors (Lipinski definition) is 3. The molecule has 3 N–H and O–H groups in total. The lowest BCUT2D eigenvalue weighted by Crippen LogP contribution is -2.46. The SMILES string of the molecule is CC(C)(C)NC(=O)CN1CCCN(C(=O)c2ccc(NC(=O)Nc3ccccc3)cc2)CC1. The normalized spacial score (nSPS) is 14.8. The smallest absolute Gasteiger partial charge is 0.323 e. The van der Waals surface area contributed by atoms with E-state index in [2.05, 4.69) is 20.9 Å². The minimum absolute atomic E-state index is 0.00154. The summed E-state index contributed by atoms with van der Waals surface area (Å²) in [6, 6.07) is 15.7. The fourth-order valence-corrected chi connectivity index (χ4v) is 3.69. The van der Waals surface area contributed by atoms with Crippen molar-refractivity contribution in [2.24, 2.45) is 0 Å². The topological polar surface area (TPSA) is 93.8 Å². The van der Waals surface area contributed by atoms with E-state index >= 15 is 0 Å². The minimum Gasteiger partial charge on any atom is -0.350 e. The van der Waals surface area contributed by atoms with Crippen LogP contribution in [0, 0.1) is 0 Å². The van der Waals surface area contributed by atoms with Crippen LogP contribution in [0.1, 0.15) is 37.6 Å². The van der Waals surface area contributed by atoms with Crippen LogP contribution in [-0.4, -0.2) is 65.9 Å². The molecule has 8 heteroatoms. The van der Waals surface area contributed by atoms with Gasteiger partial charge in [0, 0.05) is 48.7 Å². The number of nitrogens with zero attached hydrogens (tertiary/aromatic N) is 2. The Morgan fingerprint density at radius 1 is 0.818 bits per heavy atom. The summed E-state index contributed by atoms with van der Waals surface area (Å²) in [6.45, 7) is 8.88. The molecule has 0 atom stereocenters. The van der Waals surface area contributed by atoms with Crippen molar-refractivity contribution in [3.05, 3.63) is 60.2 Å². The number of amides is 4. The van der Waals surface area contributed by atoms with Crippen molar-refractivity contribution in [3.8, 4) is 0 Å². The van der Waals surface area contributed by atoms with Crippen molar-refractivity contribution in [1.29, 1.82) is 0 Å². The van der Waals surface area contributed by atoms with Crippen LogP contribution in [0.15, 0.2) is 54.6 Å². The number of urea groups is 1. The largest absolute Gasteiger partial charge is 0.350 e. The van der Waals surface area contributed by atoms with Gasteiger partial charge in [0.15, 0.2) is 0 Å². The Kier molecular flexibility index (Phi) is 8.06. The second kappa shape index (κ2) is 11.0. The Morgan fingerprint density at radius 3 is 2.09 bits per heavy atom. The average Bonchev–Trinajstić information content (AvgIpc) is 2.98. The maximum atomic E-state index is 13.0. The molecule has 0 radical (unpaired) electrons. The van der Waals surface area contributed by atoms with Gasteiger partial charge in [-0.05, 0) is 63.6 Å². The van der Waals surface area contributed by atoms with Crippen molar-refractivity contribution in [2.45, 2.75) is 32.7 Å². The zero-order chi connectivity index (χ0) is 23.8. The Morgan fingerprint density at radius 2 is 1.45 bits per heavy atom. The lowest BCUT2D eigenvalue weighted by atomic mass is 10.1. The van der Waals surface area contributed by atoms with Crippen molar-refractivity contribution >= 4 is 29.2 Å². The van der Waals surface area contributed by atoms with Gasteiger partial charge in [0.25, 0.3) is 5.91 Å². The van der Waals surface area contributed by atoms with Gasteiger partial charge in [-0.3, -0.25) is 14.5 Å². The maximum absolute atomic E-state index is 13.0. The molecule has 0 unspecified atom stereocenters. The molecular weight excluding hydrogens is 418 g/mol. The van der Waals surface area contributed by atoms with Crippen LogP contribution in [0.4, 0.5) is 16.2 Å². The molecule has 1 fully saturated rings. The second-order valence-corrected chi connectivity index (χ2v) is 9.24. The Labute approximate surface area is 195 Å². The van der Waals surface area contributed by atoms with Crippen LogP contribution in [-0.2, 0) is 4.79 Å². The average molecular weight is 452 g/mol. The van der Waals surface area contributed by atoms with Gasteiger partial charge in [0.05, 0.1) is 6.54 Å². The van der Waals surface area contributed by atoms with Crippen LogP contribution < -0.4 is 16.0 Å². The van der Waals surface area contributed by atoms with E-state index in [1.807, 2.05) is 43.9 Å². The first-order valence-corrected chi connectivity index (χ1v) is 11.3. The van der Waals surface area contributed by atoms with Crippen LogP contribution in [0.2, 0.25) is 0 Å². The number of carbonyl (C=O) groups is 3. The summed E-state index contributed by atoms with van der Waals surface area (Å²) < 4.78 is 0. The number of anilines is 2. The van der Waals surface area contributed by atoms with Gasteiger partial charge in [-0.15, -0.1) is 0 Å². The van der Waals surface area contributed by atoms with Crippen molar-refractivity contribution in [3.63, 3.8) is 0 Å². The summed E-state index contributed by atoms with van der Waals surface area (Å²) in [4.78, 5) is 41.2. The summed E-state index contributed by atoms with van der Waals surface area (Å²) in [7, 11) is 0. The van der Waals surface area contributed by atoms with Crippen molar-refractivity contribution in [1.82, 2.24) is 15.1 Å². The molecule has 1 heterocycles. The van der Waals surface area contributed by atoms with Crippen LogP contribution in [0.25, 0.3) is 0 Å².